The van der Waals surface area contributed by atoms with E-state index in [9.17, 15) is 15.8 Å². The molecule has 138 valence electrons. The van der Waals surface area contributed by atoms with Gasteiger partial charge in [-0.3, -0.25) is 5.41 Å². The summed E-state index contributed by atoms with van der Waals surface area (Å²) >= 11 is 0. The van der Waals surface area contributed by atoms with Crippen molar-refractivity contribution >= 4 is 5.90 Å². The molecule has 2 aliphatic rings. The number of hydrogen-bond acceptors (Lipinski definition) is 8. The van der Waals surface area contributed by atoms with Crippen LogP contribution in [-0.2, 0) is 9.47 Å². The minimum absolute atomic E-state index is 0.289. The second kappa shape index (κ2) is 5.87. The fraction of sp³-hybridized carbons (Fsp3) is 0.474. The number of nitriles is 3. The number of ether oxygens (including phenoxy) is 4. The van der Waals surface area contributed by atoms with Crippen molar-refractivity contribution in [3.8, 4) is 29.7 Å². The molecular formula is C19H18N4O4. The molecule has 8 heteroatoms. The Labute approximate surface area is 156 Å². The molecule has 4 atom stereocenters. The van der Waals surface area contributed by atoms with E-state index in [2.05, 4.69) is 0 Å². The first-order chi connectivity index (χ1) is 12.8. The molecule has 0 radical (unpaired) electrons. The Morgan fingerprint density at radius 2 is 1.78 bits per heavy atom. The largest absolute Gasteiger partial charge is 0.493 e. The van der Waals surface area contributed by atoms with Gasteiger partial charge in [0.1, 0.15) is 6.10 Å². The third kappa shape index (κ3) is 1.95. The molecule has 2 saturated heterocycles. The molecule has 0 spiro atoms. The smallest absolute Gasteiger partial charge is 0.214 e. The topological polar surface area (TPSA) is 132 Å². The van der Waals surface area contributed by atoms with E-state index in [0.29, 0.717) is 11.3 Å². The lowest BCUT2D eigenvalue weighted by molar-refractivity contribution is -0.269. The number of rotatable bonds is 3. The van der Waals surface area contributed by atoms with Gasteiger partial charge in [0.05, 0.1) is 38.3 Å². The Bertz CT molecular complexity index is 926. The standard InChI is InChI=1S/C19H18N4O4/c1-11-17(2)26-15(12-6-5-7-13(24-3)14(12)25-4)18(8-20,9-21)19(11,10-22)16(23)27-17/h5-7,11,15,23H,1-4H3/t11-,15+,17+,19-/m0/s1. The van der Waals surface area contributed by atoms with Crippen LogP contribution in [0, 0.1) is 56.2 Å². The summed E-state index contributed by atoms with van der Waals surface area (Å²) < 4.78 is 22.4. The lowest BCUT2D eigenvalue weighted by Crippen LogP contribution is -2.57. The molecule has 8 nitrogen and oxygen atoms in total. The Morgan fingerprint density at radius 1 is 1.11 bits per heavy atom. The van der Waals surface area contributed by atoms with E-state index in [0.717, 1.165) is 0 Å². The average molecular weight is 366 g/mol. The molecule has 0 amide bonds. The highest BCUT2D eigenvalue weighted by Gasteiger charge is 2.78. The van der Waals surface area contributed by atoms with Crippen molar-refractivity contribution in [1.82, 2.24) is 0 Å². The quantitative estimate of drug-likeness (QED) is 0.869. The molecular weight excluding hydrogens is 348 g/mol. The molecule has 1 aromatic carbocycles. The maximum atomic E-state index is 10.1. The molecule has 0 aliphatic carbocycles. The zero-order chi connectivity index (χ0) is 20.0. The molecule has 2 aliphatic heterocycles. The van der Waals surface area contributed by atoms with Crippen molar-refractivity contribution in [3.05, 3.63) is 23.8 Å². The van der Waals surface area contributed by atoms with E-state index in [-0.39, 0.29) is 5.75 Å². The molecule has 2 fully saturated rings. The fourth-order valence-corrected chi connectivity index (χ4v) is 4.11. The van der Waals surface area contributed by atoms with Crippen LogP contribution >= 0.6 is 0 Å². The minimum Gasteiger partial charge on any atom is -0.493 e. The van der Waals surface area contributed by atoms with E-state index in [4.69, 9.17) is 24.4 Å². The number of hydrogen-bond donors (Lipinski definition) is 1. The first kappa shape index (κ1) is 18.5. The SMILES string of the molecule is COc1cccc([C@H]2O[C@]3(C)OC(=N)[C@](C#N)([C@H]3C)C2(C#N)C#N)c1OC. The van der Waals surface area contributed by atoms with E-state index >= 15 is 0 Å². The van der Waals surface area contributed by atoms with Crippen LogP contribution in [0.3, 0.4) is 0 Å². The van der Waals surface area contributed by atoms with Gasteiger partial charge in [0, 0.05) is 12.5 Å². The highest BCUT2D eigenvalue weighted by molar-refractivity contribution is 5.89. The summed E-state index contributed by atoms with van der Waals surface area (Å²) in [7, 11) is 2.90. The van der Waals surface area contributed by atoms with Gasteiger partial charge in [-0.1, -0.05) is 19.1 Å². The van der Waals surface area contributed by atoms with Crippen LogP contribution in [-0.4, -0.2) is 25.9 Å². The first-order valence-electron chi connectivity index (χ1n) is 8.22. The third-order valence-corrected chi connectivity index (χ3v) is 5.71. The molecule has 2 bridgehead atoms. The lowest BCUT2D eigenvalue weighted by Gasteiger charge is -2.47. The van der Waals surface area contributed by atoms with Crippen LogP contribution in [0.2, 0.25) is 0 Å². The Morgan fingerprint density at radius 3 is 2.30 bits per heavy atom. The van der Waals surface area contributed by atoms with E-state index in [1.54, 1.807) is 32.0 Å². The highest BCUT2D eigenvalue weighted by atomic mass is 16.7. The molecule has 0 saturated carbocycles. The van der Waals surface area contributed by atoms with Crippen molar-refractivity contribution in [1.29, 1.82) is 21.2 Å². The lowest BCUT2D eigenvalue weighted by atomic mass is 9.54. The number of nitrogens with one attached hydrogen (secondary N) is 1. The maximum Gasteiger partial charge on any atom is 0.214 e. The van der Waals surface area contributed by atoms with Crippen LogP contribution in [0.25, 0.3) is 0 Å². The van der Waals surface area contributed by atoms with Crippen LogP contribution in [0.4, 0.5) is 0 Å². The van der Waals surface area contributed by atoms with Crippen molar-refractivity contribution in [2.45, 2.75) is 25.7 Å². The van der Waals surface area contributed by atoms with Crippen LogP contribution in [0.1, 0.15) is 25.5 Å². The van der Waals surface area contributed by atoms with E-state index in [1.807, 2.05) is 18.2 Å². The second-order valence-electron chi connectivity index (χ2n) is 6.70. The summed E-state index contributed by atoms with van der Waals surface area (Å²) in [5.41, 5.74) is -3.44. The van der Waals surface area contributed by atoms with Crippen molar-refractivity contribution < 1.29 is 18.9 Å². The van der Waals surface area contributed by atoms with Crippen molar-refractivity contribution in [2.24, 2.45) is 16.7 Å². The van der Waals surface area contributed by atoms with Gasteiger partial charge in [-0.05, 0) is 6.07 Å². The molecule has 2 heterocycles. The number of para-hydroxylation sites is 1. The summed E-state index contributed by atoms with van der Waals surface area (Å²) in [6, 6.07) is 11.0. The second-order valence-corrected chi connectivity index (χ2v) is 6.70. The van der Waals surface area contributed by atoms with Gasteiger partial charge >= 0.3 is 0 Å². The summed E-state index contributed by atoms with van der Waals surface area (Å²) in [5, 5.41) is 38.5. The summed E-state index contributed by atoms with van der Waals surface area (Å²) in [4.78, 5) is 0. The molecule has 1 aromatic rings. The van der Waals surface area contributed by atoms with Gasteiger partial charge in [0.25, 0.3) is 0 Å². The molecule has 0 aromatic heterocycles. The first-order valence-corrected chi connectivity index (χ1v) is 8.22. The molecule has 0 unspecified atom stereocenters. The maximum absolute atomic E-state index is 10.1. The van der Waals surface area contributed by atoms with Gasteiger partial charge in [-0.15, -0.1) is 0 Å². The third-order valence-electron chi connectivity index (χ3n) is 5.71. The summed E-state index contributed by atoms with van der Waals surface area (Å²) in [6.07, 6.45) is -1.19. The van der Waals surface area contributed by atoms with Crippen molar-refractivity contribution in [3.63, 3.8) is 0 Å². The van der Waals surface area contributed by atoms with Gasteiger partial charge < -0.3 is 18.9 Å². The zero-order valence-electron chi connectivity index (χ0n) is 15.4. The normalized spacial score (nSPS) is 33.1. The van der Waals surface area contributed by atoms with Crippen LogP contribution in [0.15, 0.2) is 18.2 Å². The number of benzene rings is 1. The molecule has 1 N–H and O–H groups in total. The van der Waals surface area contributed by atoms with E-state index in [1.165, 1.54) is 14.2 Å². The molecule has 27 heavy (non-hydrogen) atoms. The predicted molar refractivity (Wildman–Crippen MR) is 91.5 cm³/mol. The fourth-order valence-electron chi connectivity index (χ4n) is 4.11. The zero-order valence-corrected chi connectivity index (χ0v) is 15.4. The summed E-state index contributed by atoms with van der Waals surface area (Å²) in [6.45, 7) is 3.25. The Balaban J connectivity index is 2.37. The average Bonchev–Trinajstić information content (AvgIpc) is 2.82. The van der Waals surface area contributed by atoms with Gasteiger partial charge in [-0.25, -0.2) is 0 Å². The molecule has 3 rings (SSSR count). The predicted octanol–water partition coefficient (Wildman–Crippen LogP) is 2.68. The Hall–Kier alpha value is -3.28. The monoisotopic (exact) mass is 366 g/mol. The summed E-state index contributed by atoms with van der Waals surface area (Å²) in [5.74, 6) is -1.82. The number of methoxy groups -OCH3 is 2. The van der Waals surface area contributed by atoms with Crippen LogP contribution in [0.5, 0.6) is 11.5 Å². The van der Waals surface area contributed by atoms with Gasteiger partial charge in [-0.2, -0.15) is 15.8 Å². The van der Waals surface area contributed by atoms with Crippen LogP contribution < -0.4 is 9.47 Å². The number of fused-ring (bicyclic) bond motifs is 2. The highest BCUT2D eigenvalue weighted by Crippen LogP contribution is 2.67. The van der Waals surface area contributed by atoms with Crippen molar-refractivity contribution in [2.75, 3.05) is 14.2 Å². The van der Waals surface area contributed by atoms with E-state index < -0.39 is 34.5 Å². The van der Waals surface area contributed by atoms with Gasteiger partial charge in [0.2, 0.25) is 17.1 Å². The number of nitrogens with zero attached hydrogens (tertiary/aromatic N) is 3. The van der Waals surface area contributed by atoms with Gasteiger partial charge in [0.15, 0.2) is 16.9 Å². The Kier molecular flexibility index (Phi) is 4.03. The minimum atomic E-state index is -2.02.